The second-order valence-corrected chi connectivity index (χ2v) is 8.02. The van der Waals surface area contributed by atoms with Crippen LogP contribution in [0, 0.1) is 0 Å². The van der Waals surface area contributed by atoms with Crippen molar-refractivity contribution in [2.24, 2.45) is 0 Å². The Balaban J connectivity index is 2.08. The molecule has 140 valence electrons. The van der Waals surface area contributed by atoms with Gasteiger partial charge in [0.2, 0.25) is 15.9 Å². The van der Waals surface area contributed by atoms with Gasteiger partial charge in [-0.15, -0.1) is 0 Å². The van der Waals surface area contributed by atoms with Crippen LogP contribution in [0.2, 0.25) is 0 Å². The van der Waals surface area contributed by atoms with Crippen molar-refractivity contribution in [1.29, 1.82) is 0 Å². The Bertz CT molecular complexity index is 847. The Morgan fingerprint density at radius 1 is 1.00 bits per heavy atom. The zero-order valence-electron chi connectivity index (χ0n) is 15.3. The van der Waals surface area contributed by atoms with Crippen LogP contribution in [0.3, 0.4) is 0 Å². The lowest BCUT2D eigenvalue weighted by Crippen LogP contribution is -2.24. The summed E-state index contributed by atoms with van der Waals surface area (Å²) in [6, 6.07) is 13.9. The highest BCUT2D eigenvalue weighted by Gasteiger charge is 2.15. The van der Waals surface area contributed by atoms with E-state index < -0.39 is 10.0 Å². The van der Waals surface area contributed by atoms with E-state index in [0.717, 1.165) is 17.7 Å². The van der Waals surface area contributed by atoms with Crippen LogP contribution in [0.1, 0.15) is 24.5 Å². The number of nitrogens with zero attached hydrogens (tertiary/aromatic N) is 1. The molecule has 2 N–H and O–H groups in total. The van der Waals surface area contributed by atoms with E-state index >= 15 is 0 Å². The van der Waals surface area contributed by atoms with Gasteiger partial charge >= 0.3 is 0 Å². The lowest BCUT2D eigenvalue weighted by Gasteiger charge is -2.15. The van der Waals surface area contributed by atoms with Gasteiger partial charge in [0.25, 0.3) is 0 Å². The molecule has 0 spiro atoms. The maximum Gasteiger partial charge on any atom is 0.240 e. The molecule has 1 amide bonds. The van der Waals surface area contributed by atoms with Gasteiger partial charge in [0.1, 0.15) is 0 Å². The van der Waals surface area contributed by atoms with Crippen LogP contribution in [0.15, 0.2) is 53.4 Å². The number of carbonyl (C=O) groups excluding carboxylic acids is 1. The van der Waals surface area contributed by atoms with E-state index in [1.165, 1.54) is 12.1 Å². The Morgan fingerprint density at radius 3 is 2.19 bits per heavy atom. The predicted molar refractivity (Wildman–Crippen MR) is 103 cm³/mol. The van der Waals surface area contributed by atoms with Gasteiger partial charge in [-0.25, -0.2) is 13.1 Å². The molecule has 0 heterocycles. The smallest absolute Gasteiger partial charge is 0.240 e. The van der Waals surface area contributed by atoms with Crippen molar-refractivity contribution in [2.75, 3.05) is 19.4 Å². The molecule has 0 saturated heterocycles. The first-order valence-corrected chi connectivity index (χ1v) is 9.91. The van der Waals surface area contributed by atoms with E-state index in [1.54, 1.807) is 19.1 Å². The maximum atomic E-state index is 12.5. The third-order valence-electron chi connectivity index (χ3n) is 3.83. The molecule has 0 unspecified atom stereocenters. The molecule has 7 heteroatoms. The van der Waals surface area contributed by atoms with Gasteiger partial charge in [-0.2, -0.15) is 0 Å². The zero-order valence-corrected chi connectivity index (χ0v) is 16.1. The van der Waals surface area contributed by atoms with E-state index in [1.807, 2.05) is 43.3 Å². The molecule has 0 fully saturated rings. The monoisotopic (exact) mass is 375 g/mol. The van der Waals surface area contributed by atoms with Crippen LogP contribution in [0.5, 0.6) is 0 Å². The number of rotatable bonds is 8. The SMILES string of the molecule is CCC(=O)Nc1ccc(S(=O)(=O)NCc2ccccc2CN(C)C)cc1. The second kappa shape index (κ2) is 8.93. The molecule has 0 bridgehead atoms. The van der Waals surface area contributed by atoms with Gasteiger partial charge < -0.3 is 10.2 Å². The minimum atomic E-state index is -3.63. The largest absolute Gasteiger partial charge is 0.326 e. The van der Waals surface area contributed by atoms with E-state index in [-0.39, 0.29) is 17.3 Å². The van der Waals surface area contributed by atoms with Gasteiger partial charge in [-0.3, -0.25) is 4.79 Å². The molecule has 0 aliphatic heterocycles. The number of carbonyl (C=O) groups is 1. The second-order valence-electron chi connectivity index (χ2n) is 6.26. The molecule has 0 saturated carbocycles. The summed E-state index contributed by atoms with van der Waals surface area (Å²) in [6.45, 7) is 2.72. The van der Waals surface area contributed by atoms with Gasteiger partial charge in [-0.05, 0) is 49.5 Å². The van der Waals surface area contributed by atoms with Crippen LogP contribution >= 0.6 is 0 Å². The zero-order chi connectivity index (χ0) is 19.2. The molecule has 0 aliphatic rings. The molecule has 2 aromatic rings. The van der Waals surface area contributed by atoms with Crippen LogP contribution in [0.25, 0.3) is 0 Å². The summed E-state index contributed by atoms with van der Waals surface area (Å²) in [7, 11) is 0.313. The fourth-order valence-electron chi connectivity index (χ4n) is 2.45. The highest BCUT2D eigenvalue weighted by molar-refractivity contribution is 7.89. The Kier molecular flexibility index (Phi) is 6.90. The number of hydrogen-bond acceptors (Lipinski definition) is 4. The molecule has 2 rings (SSSR count). The topological polar surface area (TPSA) is 78.5 Å². The molecule has 2 aromatic carbocycles. The number of sulfonamides is 1. The van der Waals surface area contributed by atoms with E-state index in [0.29, 0.717) is 12.1 Å². The van der Waals surface area contributed by atoms with Crippen molar-refractivity contribution in [3.8, 4) is 0 Å². The Labute approximate surface area is 155 Å². The van der Waals surface area contributed by atoms with Crippen molar-refractivity contribution in [1.82, 2.24) is 9.62 Å². The Morgan fingerprint density at radius 2 is 1.62 bits per heavy atom. The average molecular weight is 375 g/mol. The molecule has 0 aliphatic carbocycles. The van der Waals surface area contributed by atoms with Crippen LogP contribution in [-0.2, 0) is 27.9 Å². The van der Waals surface area contributed by atoms with Crippen molar-refractivity contribution in [3.05, 3.63) is 59.7 Å². The summed E-state index contributed by atoms with van der Waals surface area (Å²) in [4.78, 5) is 13.6. The van der Waals surface area contributed by atoms with E-state index in [9.17, 15) is 13.2 Å². The molecule has 26 heavy (non-hydrogen) atoms. The highest BCUT2D eigenvalue weighted by atomic mass is 32.2. The fraction of sp³-hybridized carbons (Fsp3) is 0.316. The van der Waals surface area contributed by atoms with Gasteiger partial charge in [0.15, 0.2) is 0 Å². The Hall–Kier alpha value is -2.22. The van der Waals surface area contributed by atoms with Crippen LogP contribution in [0.4, 0.5) is 5.69 Å². The first-order valence-electron chi connectivity index (χ1n) is 8.43. The van der Waals surface area contributed by atoms with Crippen molar-refractivity contribution < 1.29 is 13.2 Å². The number of nitrogens with one attached hydrogen (secondary N) is 2. The lowest BCUT2D eigenvalue weighted by molar-refractivity contribution is -0.115. The third-order valence-corrected chi connectivity index (χ3v) is 5.24. The summed E-state index contributed by atoms with van der Waals surface area (Å²) in [5, 5.41) is 2.69. The first-order chi connectivity index (χ1) is 12.3. The van der Waals surface area contributed by atoms with Crippen molar-refractivity contribution in [3.63, 3.8) is 0 Å². The van der Waals surface area contributed by atoms with Crippen molar-refractivity contribution >= 4 is 21.6 Å². The van der Waals surface area contributed by atoms with E-state index in [4.69, 9.17) is 0 Å². The molecule has 0 aromatic heterocycles. The fourth-order valence-corrected chi connectivity index (χ4v) is 3.45. The van der Waals surface area contributed by atoms with E-state index in [2.05, 4.69) is 10.0 Å². The number of anilines is 1. The highest BCUT2D eigenvalue weighted by Crippen LogP contribution is 2.16. The summed E-state index contributed by atoms with van der Waals surface area (Å²) >= 11 is 0. The van der Waals surface area contributed by atoms with Crippen LogP contribution < -0.4 is 10.0 Å². The molecule has 0 atom stereocenters. The summed E-state index contributed by atoms with van der Waals surface area (Å²) in [5.74, 6) is -0.115. The molecular formula is C19H25N3O3S. The lowest BCUT2D eigenvalue weighted by atomic mass is 10.1. The number of amides is 1. The van der Waals surface area contributed by atoms with Crippen LogP contribution in [-0.4, -0.2) is 33.3 Å². The first kappa shape index (κ1) is 20.1. The van der Waals surface area contributed by atoms with Gasteiger partial charge in [-0.1, -0.05) is 31.2 Å². The molecular weight excluding hydrogens is 350 g/mol. The summed E-state index contributed by atoms with van der Waals surface area (Å²) in [5.41, 5.74) is 2.60. The standard InChI is InChI=1S/C19H25N3O3S/c1-4-19(23)21-17-9-11-18(12-10-17)26(24,25)20-13-15-7-5-6-8-16(15)14-22(2)3/h5-12,20H,4,13-14H2,1-3H3,(H,21,23). The minimum absolute atomic E-state index is 0.115. The van der Waals surface area contributed by atoms with Gasteiger partial charge in [0.05, 0.1) is 4.90 Å². The molecule has 0 radical (unpaired) electrons. The predicted octanol–water partition coefficient (Wildman–Crippen LogP) is 2.58. The third kappa shape index (κ3) is 5.66. The average Bonchev–Trinajstić information content (AvgIpc) is 2.61. The normalized spacial score (nSPS) is 11.5. The van der Waals surface area contributed by atoms with Crippen molar-refractivity contribution in [2.45, 2.75) is 31.3 Å². The maximum absolute atomic E-state index is 12.5. The summed E-state index contributed by atoms with van der Waals surface area (Å²) in [6.07, 6.45) is 0.369. The number of benzene rings is 2. The van der Waals surface area contributed by atoms with Gasteiger partial charge in [0, 0.05) is 25.2 Å². The summed E-state index contributed by atoms with van der Waals surface area (Å²) < 4.78 is 27.7. The quantitative estimate of drug-likeness (QED) is 0.743. The minimum Gasteiger partial charge on any atom is -0.326 e. The molecule has 6 nitrogen and oxygen atoms in total. The number of hydrogen-bond donors (Lipinski definition) is 2.